The van der Waals surface area contributed by atoms with Gasteiger partial charge in [-0.15, -0.1) is 0 Å². The standard InChI is InChI=1S/C17H18ClN3O2S2/c1-23-14-10-15-12(9-11(14)18)19-17(25-15)20-16(22)13(5-8-24-2)21-6-3-4-7-21/h3-4,6-7,9-10,13H,5,8H2,1-2H3,(H,19,20,22). The van der Waals surface area contributed by atoms with Gasteiger partial charge in [0.25, 0.3) is 0 Å². The van der Waals surface area contributed by atoms with Crippen LogP contribution in [-0.4, -0.2) is 34.6 Å². The smallest absolute Gasteiger partial charge is 0.249 e. The molecule has 2 heterocycles. The molecular formula is C17H18ClN3O2S2. The normalized spacial score (nSPS) is 12.3. The van der Waals surface area contributed by atoms with E-state index in [4.69, 9.17) is 16.3 Å². The molecule has 1 unspecified atom stereocenters. The van der Waals surface area contributed by atoms with E-state index in [1.165, 1.54) is 11.3 Å². The number of aromatic nitrogens is 2. The summed E-state index contributed by atoms with van der Waals surface area (Å²) in [5, 5.41) is 4.00. The zero-order valence-electron chi connectivity index (χ0n) is 13.9. The average Bonchev–Trinajstić information content (AvgIpc) is 3.23. The lowest BCUT2D eigenvalue weighted by Crippen LogP contribution is -2.25. The second-order valence-electron chi connectivity index (χ2n) is 5.39. The minimum absolute atomic E-state index is 0.0673. The first-order chi connectivity index (χ1) is 12.1. The van der Waals surface area contributed by atoms with Crippen molar-refractivity contribution in [3.8, 4) is 5.75 Å². The van der Waals surface area contributed by atoms with Crippen molar-refractivity contribution in [2.75, 3.05) is 24.4 Å². The molecule has 0 spiro atoms. The summed E-state index contributed by atoms with van der Waals surface area (Å²) in [5.74, 6) is 1.44. The van der Waals surface area contributed by atoms with E-state index in [2.05, 4.69) is 10.3 Å². The van der Waals surface area contributed by atoms with Crippen molar-refractivity contribution < 1.29 is 9.53 Å². The first-order valence-corrected chi connectivity index (χ1v) is 10.3. The molecule has 1 N–H and O–H groups in total. The fourth-order valence-corrected chi connectivity index (χ4v) is 4.10. The van der Waals surface area contributed by atoms with Crippen LogP contribution in [0.25, 0.3) is 10.2 Å². The van der Waals surface area contributed by atoms with Gasteiger partial charge in [-0.05, 0) is 36.6 Å². The van der Waals surface area contributed by atoms with Gasteiger partial charge in [0, 0.05) is 18.5 Å². The monoisotopic (exact) mass is 395 g/mol. The lowest BCUT2D eigenvalue weighted by Gasteiger charge is -2.17. The maximum Gasteiger partial charge on any atom is 0.249 e. The number of hydrogen-bond acceptors (Lipinski definition) is 5. The number of nitrogens with zero attached hydrogens (tertiary/aromatic N) is 2. The summed E-state index contributed by atoms with van der Waals surface area (Å²) in [5.41, 5.74) is 0.743. The van der Waals surface area contributed by atoms with Crippen LogP contribution in [0.15, 0.2) is 36.7 Å². The van der Waals surface area contributed by atoms with E-state index in [-0.39, 0.29) is 11.9 Å². The van der Waals surface area contributed by atoms with Crippen LogP contribution in [0, 0.1) is 0 Å². The Morgan fingerprint density at radius 1 is 1.44 bits per heavy atom. The number of anilines is 1. The number of halogens is 1. The van der Waals surface area contributed by atoms with Crippen molar-refractivity contribution in [1.82, 2.24) is 9.55 Å². The molecule has 8 heteroatoms. The van der Waals surface area contributed by atoms with E-state index < -0.39 is 0 Å². The Balaban J connectivity index is 1.82. The molecule has 0 fully saturated rings. The molecule has 1 aromatic carbocycles. The van der Waals surface area contributed by atoms with Crippen molar-refractivity contribution in [2.45, 2.75) is 12.5 Å². The molecule has 2 aromatic heterocycles. The summed E-state index contributed by atoms with van der Waals surface area (Å²) in [6, 6.07) is 7.17. The van der Waals surface area contributed by atoms with Crippen LogP contribution in [0.2, 0.25) is 5.02 Å². The van der Waals surface area contributed by atoms with Gasteiger partial charge >= 0.3 is 0 Å². The van der Waals surface area contributed by atoms with Crippen LogP contribution >= 0.6 is 34.7 Å². The lowest BCUT2D eigenvalue weighted by atomic mass is 10.2. The van der Waals surface area contributed by atoms with Gasteiger partial charge in [-0.25, -0.2) is 4.98 Å². The largest absolute Gasteiger partial charge is 0.495 e. The molecule has 132 valence electrons. The van der Waals surface area contributed by atoms with Gasteiger partial charge in [-0.3, -0.25) is 4.79 Å². The van der Waals surface area contributed by atoms with E-state index in [1.54, 1.807) is 24.9 Å². The Bertz CT molecular complexity index is 864. The molecule has 0 bridgehead atoms. The number of thiazole rings is 1. The summed E-state index contributed by atoms with van der Waals surface area (Å²) in [6.45, 7) is 0. The van der Waals surface area contributed by atoms with E-state index >= 15 is 0 Å². The van der Waals surface area contributed by atoms with Gasteiger partial charge in [0.15, 0.2) is 5.13 Å². The van der Waals surface area contributed by atoms with E-state index in [9.17, 15) is 4.79 Å². The molecule has 5 nitrogen and oxygen atoms in total. The topological polar surface area (TPSA) is 56.1 Å². The summed E-state index contributed by atoms with van der Waals surface area (Å²) in [6.07, 6.45) is 6.61. The van der Waals surface area contributed by atoms with Crippen molar-refractivity contribution >= 4 is 56.0 Å². The van der Waals surface area contributed by atoms with Crippen LogP contribution in [0.3, 0.4) is 0 Å². The molecule has 25 heavy (non-hydrogen) atoms. The number of fused-ring (bicyclic) bond motifs is 1. The van der Waals surface area contributed by atoms with E-state index in [0.717, 1.165) is 22.4 Å². The summed E-state index contributed by atoms with van der Waals surface area (Å²) in [7, 11) is 1.57. The maximum absolute atomic E-state index is 12.8. The number of rotatable bonds is 7. The third-order valence-corrected chi connectivity index (χ3v) is 5.65. The van der Waals surface area contributed by atoms with Gasteiger partial charge in [0.05, 0.1) is 22.3 Å². The Morgan fingerprint density at radius 2 is 2.20 bits per heavy atom. The number of benzene rings is 1. The summed E-state index contributed by atoms with van der Waals surface area (Å²) < 4.78 is 8.07. The van der Waals surface area contributed by atoms with E-state index in [1.807, 2.05) is 41.4 Å². The molecule has 1 atom stereocenters. The number of amides is 1. The molecule has 0 aliphatic heterocycles. The fourth-order valence-electron chi connectivity index (χ4n) is 2.53. The highest BCUT2D eigenvalue weighted by molar-refractivity contribution is 7.98. The van der Waals surface area contributed by atoms with Gasteiger partial charge in [-0.1, -0.05) is 22.9 Å². The van der Waals surface area contributed by atoms with Crippen LogP contribution in [-0.2, 0) is 4.79 Å². The predicted molar refractivity (Wildman–Crippen MR) is 106 cm³/mol. The number of carbonyl (C=O) groups excluding carboxylic acids is 1. The van der Waals surface area contributed by atoms with Crippen LogP contribution < -0.4 is 10.1 Å². The minimum atomic E-state index is -0.257. The molecular weight excluding hydrogens is 378 g/mol. The number of ether oxygens (including phenoxy) is 1. The zero-order valence-corrected chi connectivity index (χ0v) is 16.2. The Kier molecular flexibility index (Phi) is 5.88. The number of thioether (sulfide) groups is 1. The number of hydrogen-bond donors (Lipinski definition) is 1. The third-order valence-electron chi connectivity index (χ3n) is 3.78. The van der Waals surface area contributed by atoms with Crippen LogP contribution in [0.5, 0.6) is 5.75 Å². The minimum Gasteiger partial charge on any atom is -0.495 e. The van der Waals surface area contributed by atoms with Crippen LogP contribution in [0.1, 0.15) is 12.5 Å². The highest BCUT2D eigenvalue weighted by Crippen LogP contribution is 2.34. The highest BCUT2D eigenvalue weighted by Gasteiger charge is 2.21. The number of carbonyl (C=O) groups is 1. The Labute approximate surface area is 159 Å². The Morgan fingerprint density at radius 3 is 2.88 bits per heavy atom. The van der Waals surface area contributed by atoms with Crippen molar-refractivity contribution in [3.63, 3.8) is 0 Å². The average molecular weight is 396 g/mol. The zero-order chi connectivity index (χ0) is 17.8. The van der Waals surface area contributed by atoms with Crippen molar-refractivity contribution in [2.24, 2.45) is 0 Å². The van der Waals surface area contributed by atoms with Gasteiger partial charge in [0.2, 0.25) is 5.91 Å². The molecule has 0 radical (unpaired) electrons. The summed E-state index contributed by atoms with van der Waals surface area (Å²) in [4.78, 5) is 17.2. The second-order valence-corrected chi connectivity index (χ2v) is 7.81. The van der Waals surface area contributed by atoms with Crippen molar-refractivity contribution in [1.29, 1.82) is 0 Å². The second kappa shape index (κ2) is 8.12. The molecule has 0 aliphatic rings. The Hall–Kier alpha value is -1.70. The highest BCUT2D eigenvalue weighted by atomic mass is 35.5. The van der Waals surface area contributed by atoms with E-state index in [0.29, 0.717) is 15.9 Å². The molecule has 3 rings (SSSR count). The maximum atomic E-state index is 12.8. The van der Waals surface area contributed by atoms with Gasteiger partial charge in [-0.2, -0.15) is 11.8 Å². The predicted octanol–water partition coefficient (Wildman–Crippen LogP) is 4.69. The number of methoxy groups -OCH3 is 1. The molecule has 3 aromatic rings. The molecule has 1 amide bonds. The lowest BCUT2D eigenvalue weighted by molar-refractivity contribution is -0.119. The molecule has 0 saturated carbocycles. The molecule has 0 aliphatic carbocycles. The van der Waals surface area contributed by atoms with Gasteiger partial charge in [0.1, 0.15) is 11.8 Å². The first kappa shape index (κ1) is 18.1. The quantitative estimate of drug-likeness (QED) is 0.630. The van der Waals surface area contributed by atoms with Gasteiger partial charge < -0.3 is 14.6 Å². The van der Waals surface area contributed by atoms with Crippen LogP contribution in [0.4, 0.5) is 5.13 Å². The summed E-state index contributed by atoms with van der Waals surface area (Å²) >= 11 is 9.27. The SMILES string of the molecule is COc1cc2sc(NC(=O)C(CCSC)n3cccc3)nc2cc1Cl. The fraction of sp³-hybridized carbons (Fsp3) is 0.294. The first-order valence-electron chi connectivity index (χ1n) is 7.68. The van der Waals surface area contributed by atoms with Crippen molar-refractivity contribution in [3.05, 3.63) is 41.7 Å². The number of nitrogens with one attached hydrogen (secondary N) is 1. The molecule has 0 saturated heterocycles. The third kappa shape index (κ3) is 4.11.